The quantitative estimate of drug-likeness (QED) is 0.326. The summed E-state index contributed by atoms with van der Waals surface area (Å²) in [5, 5.41) is 10.9. The van der Waals surface area contributed by atoms with E-state index in [0.717, 1.165) is 0 Å². The maximum absolute atomic E-state index is 11.6. The van der Waals surface area contributed by atoms with Crippen LogP contribution in [0.5, 0.6) is 0 Å². The Kier molecular flexibility index (Phi) is 8.14. The van der Waals surface area contributed by atoms with Crippen LogP contribution in [0.4, 0.5) is 0 Å². The molecule has 3 amide bonds. The number of nitrogens with two attached hydrogens (primary N) is 1. The zero-order valence-corrected chi connectivity index (χ0v) is 11.6. The molecular formula is C12H21N3O5. The van der Waals surface area contributed by atoms with Gasteiger partial charge in [0.2, 0.25) is 11.8 Å². The van der Waals surface area contributed by atoms with E-state index in [9.17, 15) is 19.2 Å². The van der Waals surface area contributed by atoms with Crippen molar-refractivity contribution in [2.45, 2.75) is 45.6 Å². The maximum atomic E-state index is 11.6. The second-order valence-electron chi connectivity index (χ2n) is 4.65. The average Bonchev–Trinajstić information content (AvgIpc) is 2.39. The highest BCUT2D eigenvalue weighted by Crippen LogP contribution is 2.07. The first kappa shape index (κ1) is 18.0. The van der Waals surface area contributed by atoms with Gasteiger partial charge >= 0.3 is 0 Å². The fourth-order valence-corrected chi connectivity index (χ4v) is 1.45. The molecule has 0 aliphatic heterocycles. The van der Waals surface area contributed by atoms with Gasteiger partial charge < -0.3 is 11.1 Å². The third kappa shape index (κ3) is 7.47. The van der Waals surface area contributed by atoms with Gasteiger partial charge in [0.15, 0.2) is 0 Å². The first-order chi connectivity index (χ1) is 9.27. The number of hydrogen-bond donors (Lipinski definition) is 4. The highest BCUT2D eigenvalue weighted by molar-refractivity contribution is 5.87. The van der Waals surface area contributed by atoms with E-state index in [2.05, 4.69) is 5.32 Å². The SMILES string of the molecule is CC(=O)[C@@H](C)CCC(=O)N[C@@H](CCC(N)=O)C(=O)NO. The molecular weight excluding hydrogens is 266 g/mol. The third-order valence-corrected chi connectivity index (χ3v) is 2.94. The second kappa shape index (κ2) is 9.03. The van der Waals surface area contributed by atoms with E-state index in [0.29, 0.717) is 6.42 Å². The van der Waals surface area contributed by atoms with Crippen molar-refractivity contribution in [2.24, 2.45) is 11.7 Å². The summed E-state index contributed by atoms with van der Waals surface area (Å²) in [6.45, 7) is 3.15. The van der Waals surface area contributed by atoms with Crippen LogP contribution in [-0.4, -0.2) is 34.8 Å². The van der Waals surface area contributed by atoms with Crippen LogP contribution in [0.15, 0.2) is 0 Å². The summed E-state index contributed by atoms with van der Waals surface area (Å²) in [4.78, 5) is 44.7. The molecule has 0 saturated carbocycles. The van der Waals surface area contributed by atoms with Crippen molar-refractivity contribution in [1.29, 1.82) is 0 Å². The minimum absolute atomic E-state index is 0.00424. The average molecular weight is 287 g/mol. The molecule has 0 spiro atoms. The Labute approximate surface area is 117 Å². The molecule has 0 fully saturated rings. The number of nitrogens with one attached hydrogen (secondary N) is 2. The molecule has 0 aliphatic carbocycles. The summed E-state index contributed by atoms with van der Waals surface area (Å²) < 4.78 is 0. The summed E-state index contributed by atoms with van der Waals surface area (Å²) in [6.07, 6.45) is 0.342. The molecule has 0 rings (SSSR count). The highest BCUT2D eigenvalue weighted by atomic mass is 16.5. The smallest absolute Gasteiger partial charge is 0.265 e. The number of carbonyl (C=O) groups is 4. The lowest BCUT2D eigenvalue weighted by molar-refractivity contribution is -0.135. The molecule has 0 aromatic heterocycles. The van der Waals surface area contributed by atoms with Crippen LogP contribution >= 0.6 is 0 Å². The maximum Gasteiger partial charge on any atom is 0.265 e. The monoisotopic (exact) mass is 287 g/mol. The van der Waals surface area contributed by atoms with Crippen molar-refractivity contribution in [3.63, 3.8) is 0 Å². The molecule has 20 heavy (non-hydrogen) atoms. The molecule has 0 bridgehead atoms. The number of ketones is 1. The molecule has 8 nitrogen and oxygen atoms in total. The first-order valence-corrected chi connectivity index (χ1v) is 6.30. The Hall–Kier alpha value is -1.96. The zero-order chi connectivity index (χ0) is 15.7. The number of hydroxylamine groups is 1. The molecule has 5 N–H and O–H groups in total. The standard InChI is InChI=1S/C12H21N3O5/c1-7(8(2)16)3-6-11(18)14-9(12(19)15-20)4-5-10(13)17/h7,9,20H,3-6H2,1-2H3,(H2,13,17)(H,14,18)(H,15,19)/t7-,9-/m0/s1. The fraction of sp³-hybridized carbons (Fsp3) is 0.667. The van der Waals surface area contributed by atoms with Crippen LogP contribution in [-0.2, 0) is 19.2 Å². The molecule has 0 unspecified atom stereocenters. The van der Waals surface area contributed by atoms with Gasteiger partial charge in [-0.05, 0) is 19.8 Å². The minimum Gasteiger partial charge on any atom is -0.370 e. The molecule has 0 saturated heterocycles. The van der Waals surface area contributed by atoms with E-state index < -0.39 is 23.8 Å². The van der Waals surface area contributed by atoms with Crippen molar-refractivity contribution >= 4 is 23.5 Å². The fourth-order valence-electron chi connectivity index (χ4n) is 1.45. The number of amides is 3. The van der Waals surface area contributed by atoms with Crippen LogP contribution < -0.4 is 16.5 Å². The Morgan fingerprint density at radius 1 is 1.15 bits per heavy atom. The number of primary amides is 1. The van der Waals surface area contributed by atoms with Gasteiger partial charge in [-0.3, -0.25) is 24.4 Å². The summed E-state index contributed by atoms with van der Waals surface area (Å²) in [7, 11) is 0. The van der Waals surface area contributed by atoms with E-state index in [4.69, 9.17) is 10.9 Å². The van der Waals surface area contributed by atoms with Gasteiger partial charge in [-0.2, -0.15) is 0 Å². The zero-order valence-electron chi connectivity index (χ0n) is 11.6. The lowest BCUT2D eigenvalue weighted by Gasteiger charge is -2.16. The minimum atomic E-state index is -1.03. The summed E-state index contributed by atoms with van der Waals surface area (Å²) in [5.74, 6) is -2.12. The number of carbonyl (C=O) groups excluding carboxylic acids is 4. The van der Waals surface area contributed by atoms with E-state index in [-0.39, 0.29) is 31.0 Å². The molecule has 0 aromatic rings. The van der Waals surface area contributed by atoms with Gasteiger partial charge in [0, 0.05) is 18.8 Å². The van der Waals surface area contributed by atoms with Crippen LogP contribution in [0.3, 0.4) is 0 Å². The van der Waals surface area contributed by atoms with Gasteiger partial charge in [0.25, 0.3) is 5.91 Å². The van der Waals surface area contributed by atoms with Gasteiger partial charge in [0.05, 0.1) is 0 Å². The number of Topliss-reactive ketones (excluding diaryl/α,β-unsaturated/α-hetero) is 1. The normalized spacial score (nSPS) is 13.2. The lowest BCUT2D eigenvalue weighted by Crippen LogP contribution is -2.46. The summed E-state index contributed by atoms with van der Waals surface area (Å²) >= 11 is 0. The van der Waals surface area contributed by atoms with Crippen molar-refractivity contribution < 1.29 is 24.4 Å². The van der Waals surface area contributed by atoms with E-state index in [1.54, 1.807) is 6.92 Å². The molecule has 2 atom stereocenters. The van der Waals surface area contributed by atoms with Crippen molar-refractivity contribution in [2.75, 3.05) is 0 Å². The van der Waals surface area contributed by atoms with Gasteiger partial charge in [-0.15, -0.1) is 0 Å². The van der Waals surface area contributed by atoms with Crippen LogP contribution in [0.25, 0.3) is 0 Å². The predicted molar refractivity (Wildman–Crippen MR) is 69.4 cm³/mol. The number of rotatable bonds is 9. The van der Waals surface area contributed by atoms with Gasteiger partial charge in [-0.25, -0.2) is 5.48 Å². The molecule has 0 aliphatic rings. The van der Waals surface area contributed by atoms with Crippen LogP contribution in [0.1, 0.15) is 39.5 Å². The summed E-state index contributed by atoms with van der Waals surface area (Å²) in [6, 6.07) is -1.03. The van der Waals surface area contributed by atoms with Crippen molar-refractivity contribution in [1.82, 2.24) is 10.8 Å². The third-order valence-electron chi connectivity index (χ3n) is 2.94. The van der Waals surface area contributed by atoms with E-state index in [1.807, 2.05) is 0 Å². The Bertz CT molecular complexity index is 383. The molecule has 0 aromatic carbocycles. The lowest BCUT2D eigenvalue weighted by atomic mass is 10.0. The van der Waals surface area contributed by atoms with Crippen molar-refractivity contribution in [3.8, 4) is 0 Å². The number of hydrogen-bond acceptors (Lipinski definition) is 5. The Balaban J connectivity index is 4.34. The van der Waals surface area contributed by atoms with E-state index in [1.165, 1.54) is 12.4 Å². The first-order valence-electron chi connectivity index (χ1n) is 6.30. The highest BCUT2D eigenvalue weighted by Gasteiger charge is 2.21. The largest absolute Gasteiger partial charge is 0.370 e. The predicted octanol–water partition coefficient (Wildman–Crippen LogP) is -0.753. The van der Waals surface area contributed by atoms with E-state index >= 15 is 0 Å². The molecule has 0 radical (unpaired) electrons. The topological polar surface area (TPSA) is 139 Å². The molecule has 0 heterocycles. The van der Waals surface area contributed by atoms with Crippen LogP contribution in [0, 0.1) is 5.92 Å². The molecule has 114 valence electrons. The van der Waals surface area contributed by atoms with Gasteiger partial charge in [-0.1, -0.05) is 6.92 Å². The summed E-state index contributed by atoms with van der Waals surface area (Å²) in [5.41, 5.74) is 6.38. The molecule has 8 heteroatoms. The Morgan fingerprint density at radius 3 is 2.20 bits per heavy atom. The van der Waals surface area contributed by atoms with Gasteiger partial charge in [0.1, 0.15) is 11.8 Å². The Morgan fingerprint density at radius 2 is 1.75 bits per heavy atom. The van der Waals surface area contributed by atoms with Crippen LogP contribution in [0.2, 0.25) is 0 Å². The second-order valence-corrected chi connectivity index (χ2v) is 4.65. The van der Waals surface area contributed by atoms with Crippen molar-refractivity contribution in [3.05, 3.63) is 0 Å².